The predicted octanol–water partition coefficient (Wildman–Crippen LogP) is 4.59. The highest BCUT2D eigenvalue weighted by atomic mass is 19.1. The minimum absolute atomic E-state index is 0.0495. The molecule has 4 rings (SSSR count). The third-order valence-corrected chi connectivity index (χ3v) is 4.80. The Morgan fingerprint density at radius 2 is 1.45 bits per heavy atom. The largest absolute Gasteiger partial charge is 0.507 e. The lowest BCUT2D eigenvalue weighted by molar-refractivity contribution is -0.132. The van der Waals surface area contributed by atoms with E-state index in [-0.39, 0.29) is 16.8 Å². The van der Waals surface area contributed by atoms with E-state index in [1.165, 1.54) is 30.3 Å². The number of nitrogens with zero attached hydrogens (tertiary/aromatic N) is 1. The molecule has 1 amide bonds. The average Bonchev–Trinajstić information content (AvgIpc) is 3.00. The number of anilines is 1. The molecule has 1 atom stereocenters. The van der Waals surface area contributed by atoms with E-state index in [1.54, 1.807) is 36.4 Å². The molecule has 0 aliphatic carbocycles. The average molecular weight is 391 g/mol. The molecule has 1 N–H and O–H groups in total. The van der Waals surface area contributed by atoms with Gasteiger partial charge >= 0.3 is 0 Å². The van der Waals surface area contributed by atoms with Crippen LogP contribution in [-0.4, -0.2) is 16.8 Å². The lowest BCUT2D eigenvalue weighted by Gasteiger charge is -2.25. The molecule has 0 radical (unpaired) electrons. The molecular formula is C23H15F2NO3. The Balaban J connectivity index is 1.97. The zero-order chi connectivity index (χ0) is 20.5. The van der Waals surface area contributed by atoms with Crippen LogP contribution >= 0.6 is 0 Å². The van der Waals surface area contributed by atoms with E-state index in [4.69, 9.17) is 0 Å². The van der Waals surface area contributed by atoms with Crippen LogP contribution in [0.4, 0.5) is 14.5 Å². The van der Waals surface area contributed by atoms with E-state index in [0.717, 1.165) is 17.0 Å². The molecule has 1 aliphatic rings. The number of rotatable bonds is 3. The van der Waals surface area contributed by atoms with Crippen molar-refractivity contribution < 1.29 is 23.5 Å². The van der Waals surface area contributed by atoms with Crippen molar-refractivity contribution in [1.29, 1.82) is 0 Å². The van der Waals surface area contributed by atoms with E-state index in [0.29, 0.717) is 5.56 Å². The number of carbonyl (C=O) groups is 2. The first-order valence-electron chi connectivity index (χ1n) is 8.85. The van der Waals surface area contributed by atoms with Crippen molar-refractivity contribution in [2.75, 3.05) is 4.90 Å². The van der Waals surface area contributed by atoms with Gasteiger partial charge in [-0.15, -0.1) is 0 Å². The van der Waals surface area contributed by atoms with E-state index < -0.39 is 35.1 Å². The van der Waals surface area contributed by atoms with Gasteiger partial charge in [0.1, 0.15) is 17.4 Å². The van der Waals surface area contributed by atoms with Crippen LogP contribution in [0.3, 0.4) is 0 Å². The number of ketones is 1. The summed E-state index contributed by atoms with van der Waals surface area (Å²) in [6.07, 6.45) is 0. The maximum Gasteiger partial charge on any atom is 0.300 e. The first kappa shape index (κ1) is 18.6. The Morgan fingerprint density at radius 1 is 0.828 bits per heavy atom. The van der Waals surface area contributed by atoms with E-state index in [2.05, 4.69) is 0 Å². The van der Waals surface area contributed by atoms with Gasteiger partial charge in [0.2, 0.25) is 0 Å². The third-order valence-electron chi connectivity index (χ3n) is 4.80. The summed E-state index contributed by atoms with van der Waals surface area (Å²) < 4.78 is 28.1. The highest BCUT2D eigenvalue weighted by Crippen LogP contribution is 2.42. The number of Topliss-reactive ketones (excluding diaryl/α,β-unsaturated/α-hetero) is 1. The fourth-order valence-corrected chi connectivity index (χ4v) is 3.44. The number of halogens is 2. The zero-order valence-electron chi connectivity index (χ0n) is 15.0. The fraction of sp³-hybridized carbons (Fsp3) is 0.0435. The molecule has 29 heavy (non-hydrogen) atoms. The van der Waals surface area contributed by atoms with Crippen LogP contribution in [0, 0.1) is 11.6 Å². The first-order valence-corrected chi connectivity index (χ1v) is 8.85. The maximum absolute atomic E-state index is 14.7. The van der Waals surface area contributed by atoms with Gasteiger partial charge in [0.05, 0.1) is 11.6 Å². The van der Waals surface area contributed by atoms with Gasteiger partial charge < -0.3 is 5.11 Å². The molecule has 0 spiro atoms. The zero-order valence-corrected chi connectivity index (χ0v) is 15.0. The molecule has 6 heteroatoms. The van der Waals surface area contributed by atoms with Gasteiger partial charge in [-0.1, -0.05) is 48.5 Å². The first-order chi connectivity index (χ1) is 14.0. The summed E-state index contributed by atoms with van der Waals surface area (Å²) in [4.78, 5) is 26.8. The van der Waals surface area contributed by atoms with E-state index in [9.17, 15) is 23.5 Å². The van der Waals surface area contributed by atoms with Crippen molar-refractivity contribution in [3.05, 3.63) is 107 Å². The number of benzene rings is 3. The Bertz CT molecular complexity index is 1120. The van der Waals surface area contributed by atoms with Crippen molar-refractivity contribution in [2.24, 2.45) is 0 Å². The molecule has 1 fully saturated rings. The van der Waals surface area contributed by atoms with Crippen molar-refractivity contribution in [2.45, 2.75) is 6.04 Å². The second-order valence-corrected chi connectivity index (χ2v) is 6.53. The number of amides is 1. The molecule has 1 unspecified atom stereocenters. The van der Waals surface area contributed by atoms with Crippen LogP contribution < -0.4 is 4.90 Å². The number of aliphatic hydroxyl groups is 1. The van der Waals surface area contributed by atoms with Crippen LogP contribution in [-0.2, 0) is 9.59 Å². The van der Waals surface area contributed by atoms with Crippen molar-refractivity contribution in [1.82, 2.24) is 0 Å². The SMILES string of the molecule is O=C1C(=O)N(c2ccc(F)cc2)C(c2ccccc2F)/C1=C(/O)c1ccccc1. The molecule has 1 saturated heterocycles. The second kappa shape index (κ2) is 7.31. The number of aliphatic hydroxyl groups excluding tert-OH is 1. The highest BCUT2D eigenvalue weighted by Gasteiger charge is 2.47. The highest BCUT2D eigenvalue weighted by molar-refractivity contribution is 6.51. The molecular weight excluding hydrogens is 376 g/mol. The van der Waals surface area contributed by atoms with Gasteiger partial charge in [0, 0.05) is 16.8 Å². The Hall–Kier alpha value is -3.80. The maximum atomic E-state index is 14.7. The second-order valence-electron chi connectivity index (χ2n) is 6.53. The molecule has 3 aromatic rings. The van der Waals surface area contributed by atoms with Crippen LogP contribution in [0.1, 0.15) is 17.2 Å². The smallest absolute Gasteiger partial charge is 0.300 e. The monoisotopic (exact) mass is 391 g/mol. The molecule has 0 saturated carbocycles. The molecule has 0 aromatic heterocycles. The van der Waals surface area contributed by atoms with Crippen molar-refractivity contribution >= 4 is 23.1 Å². The predicted molar refractivity (Wildman–Crippen MR) is 104 cm³/mol. The van der Waals surface area contributed by atoms with E-state index in [1.807, 2.05) is 0 Å². The summed E-state index contributed by atoms with van der Waals surface area (Å²) in [5, 5.41) is 10.8. The fourth-order valence-electron chi connectivity index (χ4n) is 3.44. The minimum atomic E-state index is -1.19. The number of hydrogen-bond donors (Lipinski definition) is 1. The lowest BCUT2D eigenvalue weighted by atomic mass is 9.94. The summed E-state index contributed by atoms with van der Waals surface area (Å²) in [5.41, 5.74) is 0.365. The van der Waals surface area contributed by atoms with Gasteiger partial charge in [-0.3, -0.25) is 14.5 Å². The Kier molecular flexibility index (Phi) is 4.68. The molecule has 3 aromatic carbocycles. The number of hydrogen-bond acceptors (Lipinski definition) is 3. The molecule has 1 heterocycles. The van der Waals surface area contributed by atoms with Crippen LogP contribution in [0.15, 0.2) is 84.4 Å². The molecule has 144 valence electrons. The van der Waals surface area contributed by atoms with E-state index >= 15 is 0 Å². The molecule has 1 aliphatic heterocycles. The molecule has 0 bridgehead atoms. The normalized spacial score (nSPS) is 18.3. The Labute approximate surface area is 165 Å². The summed E-state index contributed by atoms with van der Waals surface area (Å²) in [5.74, 6) is -3.42. The van der Waals surface area contributed by atoms with Crippen molar-refractivity contribution in [3.8, 4) is 0 Å². The van der Waals surface area contributed by atoms with Gasteiger partial charge in [-0.25, -0.2) is 8.78 Å². The van der Waals surface area contributed by atoms with Crippen LogP contribution in [0.25, 0.3) is 5.76 Å². The standard InChI is InChI=1S/C23H15F2NO3/c24-15-10-12-16(13-11-15)26-20(17-8-4-5-9-18(17)25)19(22(28)23(26)29)21(27)14-6-2-1-3-7-14/h1-13,20,27H/b21-19-. The van der Waals surface area contributed by atoms with Crippen molar-refractivity contribution in [3.63, 3.8) is 0 Å². The topological polar surface area (TPSA) is 57.6 Å². The van der Waals surface area contributed by atoms with Gasteiger partial charge in [-0.05, 0) is 30.3 Å². The summed E-state index contributed by atoms with van der Waals surface area (Å²) in [6.45, 7) is 0. The number of carbonyl (C=O) groups excluding carboxylic acids is 2. The minimum Gasteiger partial charge on any atom is -0.507 e. The lowest BCUT2D eigenvalue weighted by Crippen LogP contribution is -2.29. The molecule has 4 nitrogen and oxygen atoms in total. The van der Waals surface area contributed by atoms with Gasteiger partial charge in [-0.2, -0.15) is 0 Å². The third kappa shape index (κ3) is 3.18. The van der Waals surface area contributed by atoms with Gasteiger partial charge in [0.25, 0.3) is 11.7 Å². The quantitative estimate of drug-likeness (QED) is 0.404. The van der Waals surface area contributed by atoms with Gasteiger partial charge in [0.15, 0.2) is 0 Å². The van der Waals surface area contributed by atoms with Crippen LogP contribution in [0.2, 0.25) is 0 Å². The Morgan fingerprint density at radius 3 is 2.10 bits per heavy atom. The summed E-state index contributed by atoms with van der Waals surface area (Å²) in [7, 11) is 0. The summed E-state index contributed by atoms with van der Waals surface area (Å²) >= 11 is 0. The summed E-state index contributed by atoms with van der Waals surface area (Å²) in [6, 6.07) is 17.7. The van der Waals surface area contributed by atoms with Crippen LogP contribution in [0.5, 0.6) is 0 Å².